The third-order valence-corrected chi connectivity index (χ3v) is 4.40. The van der Waals surface area contributed by atoms with Crippen LogP contribution in [0, 0.1) is 10.1 Å². The molecule has 8 heteroatoms. The normalized spacial score (nSPS) is 10.3. The van der Waals surface area contributed by atoms with E-state index in [1.807, 2.05) is 0 Å². The second-order valence-electron chi connectivity index (χ2n) is 6.22. The highest BCUT2D eigenvalue weighted by Crippen LogP contribution is 2.29. The van der Waals surface area contributed by atoms with Crippen LogP contribution in [0.3, 0.4) is 0 Å². The van der Waals surface area contributed by atoms with Crippen LogP contribution in [0.5, 0.6) is 0 Å². The van der Waals surface area contributed by atoms with Crippen LogP contribution in [0.4, 0.5) is 11.4 Å². The first-order valence-corrected chi connectivity index (χ1v) is 8.61. The molecule has 0 aliphatic rings. The summed E-state index contributed by atoms with van der Waals surface area (Å²) in [4.78, 5) is 33.6. The monoisotopic (exact) mass is 391 g/mol. The van der Waals surface area contributed by atoms with Gasteiger partial charge in [-0.3, -0.25) is 14.9 Å². The Morgan fingerprint density at radius 2 is 1.62 bits per heavy atom. The predicted molar refractivity (Wildman–Crippen MR) is 108 cm³/mol. The minimum absolute atomic E-state index is 0.0480. The van der Waals surface area contributed by atoms with Crippen molar-refractivity contribution < 1.29 is 19.6 Å². The molecule has 8 nitrogen and oxygen atoms in total. The Morgan fingerprint density at radius 1 is 0.966 bits per heavy atom. The number of nitrogens with zero attached hydrogens (tertiary/aromatic N) is 1. The van der Waals surface area contributed by atoms with Crippen molar-refractivity contribution in [3.8, 4) is 11.1 Å². The maximum atomic E-state index is 11.6. The summed E-state index contributed by atoms with van der Waals surface area (Å²) in [7, 11) is 0. The van der Waals surface area contributed by atoms with Crippen LogP contribution in [0.1, 0.15) is 26.3 Å². The first-order valence-electron chi connectivity index (χ1n) is 8.61. The maximum absolute atomic E-state index is 11.6. The van der Waals surface area contributed by atoms with E-state index in [0.717, 1.165) is 11.1 Å². The number of hydrogen-bond acceptors (Lipinski definition) is 5. The summed E-state index contributed by atoms with van der Waals surface area (Å²) in [5, 5.41) is 23.4. The number of amides is 1. The third-order valence-electron chi connectivity index (χ3n) is 4.40. The fraction of sp³-hybridized carbons (Fsp3) is 0.0476. The fourth-order valence-corrected chi connectivity index (χ4v) is 3.00. The number of carbonyl (C=O) groups excluding carboxylic acids is 1. The summed E-state index contributed by atoms with van der Waals surface area (Å²) in [6, 6.07) is 18.0. The molecule has 146 valence electrons. The van der Waals surface area contributed by atoms with Crippen LogP contribution < -0.4 is 11.1 Å². The molecule has 3 aromatic rings. The number of carboxylic acid groups (broad SMARTS) is 1. The van der Waals surface area contributed by atoms with E-state index in [1.165, 1.54) is 18.2 Å². The van der Waals surface area contributed by atoms with Gasteiger partial charge in [0.1, 0.15) is 5.69 Å². The Labute approximate surface area is 165 Å². The quantitative estimate of drug-likeness (QED) is 0.415. The minimum atomic E-state index is -1.25. The van der Waals surface area contributed by atoms with Gasteiger partial charge in [-0.25, -0.2) is 4.79 Å². The van der Waals surface area contributed by atoms with Gasteiger partial charge in [0.2, 0.25) is 5.91 Å². The summed E-state index contributed by atoms with van der Waals surface area (Å²) in [5.41, 5.74) is 7.56. The van der Waals surface area contributed by atoms with Crippen LogP contribution in [-0.4, -0.2) is 21.9 Å². The average Bonchev–Trinajstić information content (AvgIpc) is 2.72. The van der Waals surface area contributed by atoms with Crippen molar-refractivity contribution >= 4 is 23.3 Å². The number of carboxylic acids is 1. The zero-order chi connectivity index (χ0) is 21.0. The van der Waals surface area contributed by atoms with E-state index in [9.17, 15) is 24.8 Å². The molecular formula is C21H17N3O5. The average molecular weight is 391 g/mol. The summed E-state index contributed by atoms with van der Waals surface area (Å²) in [5.74, 6) is -1.78. The van der Waals surface area contributed by atoms with Gasteiger partial charge in [-0.15, -0.1) is 0 Å². The lowest BCUT2D eigenvalue weighted by Crippen LogP contribution is -2.12. The van der Waals surface area contributed by atoms with E-state index < -0.39 is 16.8 Å². The standard InChI is InChI=1S/C21H17N3O5/c22-20(25)16-5-2-1-4-15(16)14-10-8-13(9-11-14)12-23-19-17(21(26)27)6-3-7-18(19)24(28)29/h1-11,23H,12H2,(H2,22,25)(H,26,27). The summed E-state index contributed by atoms with van der Waals surface area (Å²) >= 11 is 0. The molecule has 0 spiro atoms. The number of nitro benzene ring substituents is 1. The van der Waals surface area contributed by atoms with Gasteiger partial charge in [-0.2, -0.15) is 0 Å². The number of para-hydroxylation sites is 1. The lowest BCUT2D eigenvalue weighted by Gasteiger charge is -2.11. The molecule has 0 aliphatic heterocycles. The van der Waals surface area contributed by atoms with Crippen molar-refractivity contribution in [3.63, 3.8) is 0 Å². The number of anilines is 1. The molecule has 3 rings (SSSR count). The molecule has 0 saturated heterocycles. The van der Waals surface area contributed by atoms with E-state index in [0.29, 0.717) is 11.1 Å². The Balaban J connectivity index is 1.85. The van der Waals surface area contributed by atoms with E-state index >= 15 is 0 Å². The van der Waals surface area contributed by atoms with Crippen LogP contribution in [0.25, 0.3) is 11.1 Å². The molecule has 0 unspecified atom stereocenters. The Kier molecular flexibility index (Phi) is 5.54. The van der Waals surface area contributed by atoms with Crippen molar-refractivity contribution in [2.45, 2.75) is 6.54 Å². The molecule has 29 heavy (non-hydrogen) atoms. The van der Waals surface area contributed by atoms with E-state index in [2.05, 4.69) is 5.32 Å². The molecule has 0 aliphatic carbocycles. The topological polar surface area (TPSA) is 136 Å². The zero-order valence-electron chi connectivity index (χ0n) is 15.2. The van der Waals surface area contributed by atoms with Gasteiger partial charge in [0.25, 0.3) is 5.69 Å². The molecule has 0 fully saturated rings. The van der Waals surface area contributed by atoms with Crippen molar-refractivity contribution in [3.05, 3.63) is 93.5 Å². The molecule has 0 saturated carbocycles. The van der Waals surface area contributed by atoms with Crippen LogP contribution in [0.2, 0.25) is 0 Å². The number of hydrogen-bond donors (Lipinski definition) is 3. The van der Waals surface area contributed by atoms with Gasteiger partial charge in [-0.1, -0.05) is 48.5 Å². The molecule has 4 N–H and O–H groups in total. The summed E-state index contributed by atoms with van der Waals surface area (Å²) in [6.07, 6.45) is 0. The van der Waals surface area contributed by atoms with Crippen LogP contribution >= 0.6 is 0 Å². The maximum Gasteiger partial charge on any atom is 0.338 e. The van der Waals surface area contributed by atoms with Gasteiger partial charge < -0.3 is 16.2 Å². The number of primary amides is 1. The molecule has 0 radical (unpaired) electrons. The summed E-state index contributed by atoms with van der Waals surface area (Å²) < 4.78 is 0. The molecule has 0 heterocycles. The van der Waals surface area contributed by atoms with Gasteiger partial charge in [-0.05, 0) is 28.8 Å². The van der Waals surface area contributed by atoms with Crippen LogP contribution in [0.15, 0.2) is 66.7 Å². The lowest BCUT2D eigenvalue weighted by atomic mass is 9.98. The molecule has 0 aromatic heterocycles. The lowest BCUT2D eigenvalue weighted by molar-refractivity contribution is -0.384. The summed E-state index contributed by atoms with van der Waals surface area (Å²) in [6.45, 7) is 0.183. The van der Waals surface area contributed by atoms with Gasteiger partial charge in [0.05, 0.1) is 10.5 Å². The van der Waals surface area contributed by atoms with Gasteiger partial charge >= 0.3 is 5.97 Å². The highest BCUT2D eigenvalue weighted by atomic mass is 16.6. The second kappa shape index (κ2) is 8.22. The van der Waals surface area contributed by atoms with Crippen molar-refractivity contribution in [1.29, 1.82) is 0 Å². The first-order chi connectivity index (χ1) is 13.9. The number of benzene rings is 3. The number of rotatable bonds is 7. The largest absolute Gasteiger partial charge is 0.478 e. The van der Waals surface area contributed by atoms with Crippen molar-refractivity contribution in [2.24, 2.45) is 5.73 Å². The molecular weight excluding hydrogens is 374 g/mol. The minimum Gasteiger partial charge on any atom is -0.478 e. The molecule has 3 aromatic carbocycles. The van der Waals surface area contributed by atoms with E-state index in [1.54, 1.807) is 48.5 Å². The zero-order valence-corrected chi connectivity index (χ0v) is 15.2. The number of nitrogens with one attached hydrogen (secondary N) is 1. The predicted octanol–water partition coefficient (Wildman–Crippen LogP) is 3.67. The smallest absolute Gasteiger partial charge is 0.338 e. The SMILES string of the molecule is NC(=O)c1ccccc1-c1ccc(CNc2c(C(=O)O)cccc2[N+](=O)[O-])cc1. The Morgan fingerprint density at radius 3 is 2.24 bits per heavy atom. The van der Waals surface area contributed by atoms with Crippen molar-refractivity contribution in [1.82, 2.24) is 0 Å². The number of nitro groups is 1. The number of carbonyl (C=O) groups is 2. The number of nitrogens with two attached hydrogens (primary N) is 1. The highest BCUT2D eigenvalue weighted by molar-refractivity contribution is 6.00. The fourth-order valence-electron chi connectivity index (χ4n) is 3.00. The van der Waals surface area contributed by atoms with Crippen LogP contribution in [-0.2, 0) is 6.54 Å². The third kappa shape index (κ3) is 4.22. The van der Waals surface area contributed by atoms with E-state index in [-0.39, 0.29) is 23.5 Å². The molecule has 1 amide bonds. The second-order valence-corrected chi connectivity index (χ2v) is 6.22. The van der Waals surface area contributed by atoms with Gasteiger partial charge in [0, 0.05) is 18.2 Å². The first kappa shape index (κ1) is 19.6. The Hall–Kier alpha value is -4.20. The van der Waals surface area contributed by atoms with Gasteiger partial charge in [0.15, 0.2) is 0 Å². The van der Waals surface area contributed by atoms with Crippen molar-refractivity contribution in [2.75, 3.05) is 5.32 Å². The van der Waals surface area contributed by atoms with E-state index in [4.69, 9.17) is 5.73 Å². The molecule has 0 bridgehead atoms. The molecule has 0 atom stereocenters. The number of aromatic carboxylic acids is 1. The Bertz CT molecular complexity index is 1060. The highest BCUT2D eigenvalue weighted by Gasteiger charge is 2.21.